The van der Waals surface area contributed by atoms with Crippen molar-refractivity contribution in [1.82, 2.24) is 5.32 Å². The zero-order valence-electron chi connectivity index (χ0n) is 12.7. The van der Waals surface area contributed by atoms with Crippen LogP contribution in [0.1, 0.15) is 39.2 Å². The van der Waals surface area contributed by atoms with Gasteiger partial charge in [-0.3, -0.25) is 4.79 Å². The Morgan fingerprint density at radius 3 is 2.45 bits per heavy atom. The van der Waals surface area contributed by atoms with Gasteiger partial charge in [0, 0.05) is 6.42 Å². The summed E-state index contributed by atoms with van der Waals surface area (Å²) in [6.07, 6.45) is 2.53. The highest BCUT2D eigenvalue weighted by Crippen LogP contribution is 2.15. The molecule has 20 heavy (non-hydrogen) atoms. The molecule has 1 amide bonds. The molecule has 1 aromatic carbocycles. The first-order chi connectivity index (χ1) is 9.51. The van der Waals surface area contributed by atoms with Crippen LogP contribution < -0.4 is 15.8 Å². The summed E-state index contributed by atoms with van der Waals surface area (Å²) >= 11 is 0. The standard InChI is InChI=1S/C16H26N2O2/c1-4-11-18-16(3,15(17)19)10-12-20-14-8-6-13(5-2)7-9-14/h6-9,18H,4-5,10-12H2,1-3H3,(H2,17,19). The molecule has 0 aliphatic carbocycles. The Kier molecular flexibility index (Phi) is 6.52. The molecular formula is C16H26N2O2. The summed E-state index contributed by atoms with van der Waals surface area (Å²) < 4.78 is 5.68. The summed E-state index contributed by atoms with van der Waals surface area (Å²) in [6, 6.07) is 8.02. The second kappa shape index (κ2) is 7.90. The lowest BCUT2D eigenvalue weighted by Gasteiger charge is -2.27. The Morgan fingerprint density at radius 2 is 1.95 bits per heavy atom. The molecule has 0 fully saturated rings. The SMILES string of the molecule is CCCNC(C)(CCOc1ccc(CC)cc1)C(N)=O. The van der Waals surface area contributed by atoms with Crippen LogP contribution in [0.15, 0.2) is 24.3 Å². The number of hydrogen-bond acceptors (Lipinski definition) is 3. The van der Waals surface area contributed by atoms with E-state index in [1.807, 2.05) is 19.1 Å². The summed E-state index contributed by atoms with van der Waals surface area (Å²) in [5, 5.41) is 3.20. The average molecular weight is 278 g/mol. The number of rotatable bonds is 9. The molecule has 1 rings (SSSR count). The van der Waals surface area contributed by atoms with Crippen LogP contribution in [0.3, 0.4) is 0 Å². The van der Waals surface area contributed by atoms with Crippen molar-refractivity contribution in [2.24, 2.45) is 5.73 Å². The Balaban J connectivity index is 2.49. The number of benzene rings is 1. The molecule has 0 radical (unpaired) electrons. The van der Waals surface area contributed by atoms with Crippen molar-refractivity contribution in [2.45, 2.75) is 45.6 Å². The fourth-order valence-electron chi connectivity index (χ4n) is 1.89. The Labute approximate surface area is 121 Å². The van der Waals surface area contributed by atoms with Gasteiger partial charge in [0.05, 0.1) is 12.1 Å². The molecule has 3 N–H and O–H groups in total. The van der Waals surface area contributed by atoms with Gasteiger partial charge in [0.1, 0.15) is 5.75 Å². The number of ether oxygens (including phenoxy) is 1. The first-order valence-electron chi connectivity index (χ1n) is 7.28. The minimum Gasteiger partial charge on any atom is -0.494 e. The van der Waals surface area contributed by atoms with Crippen LogP contribution in [-0.2, 0) is 11.2 Å². The van der Waals surface area contributed by atoms with Gasteiger partial charge in [-0.1, -0.05) is 26.0 Å². The quantitative estimate of drug-likeness (QED) is 0.728. The Hall–Kier alpha value is -1.55. The van der Waals surface area contributed by atoms with E-state index in [0.29, 0.717) is 13.0 Å². The average Bonchev–Trinajstić information content (AvgIpc) is 2.45. The molecular weight excluding hydrogens is 252 g/mol. The third kappa shape index (κ3) is 4.85. The van der Waals surface area contributed by atoms with Gasteiger partial charge in [0.15, 0.2) is 0 Å². The third-order valence-corrected chi connectivity index (χ3v) is 3.51. The van der Waals surface area contributed by atoms with Crippen molar-refractivity contribution in [1.29, 1.82) is 0 Å². The van der Waals surface area contributed by atoms with Gasteiger partial charge in [0.2, 0.25) is 5.91 Å². The predicted molar refractivity (Wildman–Crippen MR) is 81.8 cm³/mol. The summed E-state index contributed by atoms with van der Waals surface area (Å²) in [4.78, 5) is 11.6. The van der Waals surface area contributed by atoms with E-state index in [2.05, 4.69) is 31.3 Å². The maximum atomic E-state index is 11.6. The van der Waals surface area contributed by atoms with Gasteiger partial charge in [-0.15, -0.1) is 0 Å². The van der Waals surface area contributed by atoms with Crippen LogP contribution in [-0.4, -0.2) is 24.6 Å². The molecule has 1 aromatic rings. The minimum absolute atomic E-state index is 0.337. The molecule has 4 nitrogen and oxygen atoms in total. The normalized spacial score (nSPS) is 13.8. The van der Waals surface area contributed by atoms with Crippen molar-refractivity contribution in [3.05, 3.63) is 29.8 Å². The molecule has 0 spiro atoms. The number of nitrogens with two attached hydrogens (primary N) is 1. The van der Waals surface area contributed by atoms with Crippen molar-refractivity contribution >= 4 is 5.91 Å². The molecule has 0 saturated heterocycles. The van der Waals surface area contributed by atoms with Crippen LogP contribution in [0.4, 0.5) is 0 Å². The van der Waals surface area contributed by atoms with Crippen LogP contribution >= 0.6 is 0 Å². The topological polar surface area (TPSA) is 64.3 Å². The van der Waals surface area contributed by atoms with Crippen LogP contribution in [0.2, 0.25) is 0 Å². The first kappa shape index (κ1) is 16.5. The van der Waals surface area contributed by atoms with Crippen molar-refractivity contribution in [2.75, 3.05) is 13.2 Å². The van der Waals surface area contributed by atoms with Crippen molar-refractivity contribution in [3.63, 3.8) is 0 Å². The van der Waals surface area contributed by atoms with E-state index in [1.165, 1.54) is 5.56 Å². The van der Waals surface area contributed by atoms with Crippen molar-refractivity contribution < 1.29 is 9.53 Å². The second-order valence-electron chi connectivity index (χ2n) is 5.22. The minimum atomic E-state index is -0.709. The zero-order chi connectivity index (χ0) is 15.0. The molecule has 0 aliphatic rings. The fourth-order valence-corrected chi connectivity index (χ4v) is 1.89. The molecule has 0 saturated carbocycles. The highest BCUT2D eigenvalue weighted by atomic mass is 16.5. The monoisotopic (exact) mass is 278 g/mol. The largest absolute Gasteiger partial charge is 0.494 e. The van der Waals surface area contributed by atoms with Gasteiger partial charge in [-0.05, 0) is 44.0 Å². The molecule has 112 valence electrons. The molecule has 1 unspecified atom stereocenters. The number of aryl methyl sites for hydroxylation is 1. The van der Waals surface area contributed by atoms with Gasteiger partial charge >= 0.3 is 0 Å². The summed E-state index contributed by atoms with van der Waals surface area (Å²) in [5.41, 5.74) is 6.04. The third-order valence-electron chi connectivity index (χ3n) is 3.51. The van der Waals surface area contributed by atoms with Crippen LogP contribution in [0, 0.1) is 0 Å². The van der Waals surface area contributed by atoms with Crippen molar-refractivity contribution in [3.8, 4) is 5.75 Å². The van der Waals surface area contributed by atoms with Gasteiger partial charge in [-0.25, -0.2) is 0 Å². The molecule has 0 aliphatic heterocycles. The summed E-state index contributed by atoms with van der Waals surface area (Å²) in [5.74, 6) is 0.486. The molecule has 0 aromatic heterocycles. The van der Waals surface area contributed by atoms with Gasteiger partial charge in [-0.2, -0.15) is 0 Å². The lowest BCUT2D eigenvalue weighted by molar-refractivity contribution is -0.124. The summed E-state index contributed by atoms with van der Waals surface area (Å²) in [6.45, 7) is 7.23. The molecule has 0 bridgehead atoms. The number of amides is 1. The first-order valence-corrected chi connectivity index (χ1v) is 7.28. The highest BCUT2D eigenvalue weighted by molar-refractivity contribution is 5.84. The number of carbonyl (C=O) groups excluding carboxylic acids is 1. The van der Waals surface area contributed by atoms with E-state index < -0.39 is 5.54 Å². The van der Waals surface area contributed by atoms with E-state index in [9.17, 15) is 4.79 Å². The number of nitrogens with one attached hydrogen (secondary N) is 1. The molecule has 1 atom stereocenters. The smallest absolute Gasteiger partial charge is 0.237 e. The van der Waals surface area contributed by atoms with Gasteiger partial charge < -0.3 is 15.8 Å². The number of hydrogen-bond donors (Lipinski definition) is 2. The number of primary amides is 1. The zero-order valence-corrected chi connectivity index (χ0v) is 12.7. The highest BCUT2D eigenvalue weighted by Gasteiger charge is 2.29. The Bertz CT molecular complexity index is 417. The second-order valence-corrected chi connectivity index (χ2v) is 5.22. The number of carbonyl (C=O) groups is 1. The van der Waals surface area contributed by atoms with Crippen LogP contribution in [0.5, 0.6) is 5.75 Å². The summed E-state index contributed by atoms with van der Waals surface area (Å²) in [7, 11) is 0. The maximum Gasteiger partial charge on any atom is 0.237 e. The van der Waals surface area contributed by atoms with E-state index >= 15 is 0 Å². The predicted octanol–water partition coefficient (Wildman–Crippen LogP) is 2.26. The van der Waals surface area contributed by atoms with E-state index in [1.54, 1.807) is 0 Å². The van der Waals surface area contributed by atoms with E-state index in [0.717, 1.165) is 25.1 Å². The molecule has 0 heterocycles. The van der Waals surface area contributed by atoms with Gasteiger partial charge in [0.25, 0.3) is 0 Å². The maximum absolute atomic E-state index is 11.6. The molecule has 4 heteroatoms. The van der Waals surface area contributed by atoms with E-state index in [-0.39, 0.29) is 5.91 Å². The lowest BCUT2D eigenvalue weighted by Crippen LogP contribution is -2.54. The van der Waals surface area contributed by atoms with Crippen LogP contribution in [0.25, 0.3) is 0 Å². The lowest BCUT2D eigenvalue weighted by atomic mass is 9.97. The Morgan fingerprint density at radius 1 is 1.30 bits per heavy atom. The fraction of sp³-hybridized carbons (Fsp3) is 0.562. The van der Waals surface area contributed by atoms with E-state index in [4.69, 9.17) is 10.5 Å².